The van der Waals surface area contributed by atoms with Gasteiger partial charge in [-0.25, -0.2) is 4.68 Å². The van der Waals surface area contributed by atoms with Crippen LogP contribution in [-0.2, 0) is 21.9 Å². The van der Waals surface area contributed by atoms with E-state index in [4.69, 9.17) is 4.74 Å². The summed E-state index contributed by atoms with van der Waals surface area (Å²) < 4.78 is 73.0. The van der Waals surface area contributed by atoms with Crippen LogP contribution in [0.15, 0.2) is 10.9 Å². The Morgan fingerprint density at radius 2 is 2.04 bits per heavy atom. The van der Waals surface area contributed by atoms with Crippen LogP contribution in [0, 0.1) is 6.92 Å². The third-order valence-corrected chi connectivity index (χ3v) is 5.15. The number of ether oxygens (including phenoxy) is 1. The fraction of sp³-hybridized carbons (Fsp3) is 0.571. The van der Waals surface area contributed by atoms with E-state index in [2.05, 4.69) is 9.28 Å². The van der Waals surface area contributed by atoms with Crippen LogP contribution < -0.4 is 9.74 Å². The van der Waals surface area contributed by atoms with Crippen LogP contribution in [0.1, 0.15) is 31.2 Å². The van der Waals surface area contributed by atoms with Crippen molar-refractivity contribution in [2.45, 2.75) is 37.9 Å². The van der Waals surface area contributed by atoms with Crippen molar-refractivity contribution in [1.29, 1.82) is 0 Å². The van der Waals surface area contributed by atoms with Gasteiger partial charge in [-0.3, -0.25) is 4.79 Å². The molecule has 8 nitrogen and oxygen atoms in total. The second-order valence-electron chi connectivity index (χ2n) is 5.94. The van der Waals surface area contributed by atoms with Crippen LogP contribution in [0.3, 0.4) is 0 Å². The molecule has 0 amide bonds. The lowest BCUT2D eigenvalue weighted by atomic mass is 10.2. The van der Waals surface area contributed by atoms with Crippen molar-refractivity contribution in [2.24, 2.45) is 7.05 Å². The van der Waals surface area contributed by atoms with Crippen molar-refractivity contribution < 1.29 is 30.5 Å². The van der Waals surface area contributed by atoms with Crippen LogP contribution in [0.4, 0.5) is 13.2 Å². The molecule has 1 aliphatic heterocycles. The summed E-state index contributed by atoms with van der Waals surface area (Å²) in [5.41, 5.74) is -5.87. The highest BCUT2D eigenvalue weighted by Crippen LogP contribution is 2.33. The molecular formula is C14H16F3N3O5S. The average Bonchev–Trinajstić information content (AvgIpc) is 2.90. The number of halogens is 3. The molecule has 1 atom stereocenters. The highest BCUT2D eigenvalue weighted by molar-refractivity contribution is 7.88. The molecule has 26 heavy (non-hydrogen) atoms. The van der Waals surface area contributed by atoms with Gasteiger partial charge >= 0.3 is 15.6 Å². The van der Waals surface area contributed by atoms with Crippen molar-refractivity contribution in [3.63, 3.8) is 0 Å². The van der Waals surface area contributed by atoms with Gasteiger partial charge in [0.05, 0.1) is 11.2 Å². The van der Waals surface area contributed by atoms with Gasteiger partial charge in [-0.05, 0) is 26.2 Å². The predicted molar refractivity (Wildman–Crippen MR) is 84.2 cm³/mol. The predicted octanol–water partition coefficient (Wildman–Crippen LogP) is 1.97. The normalized spacial score (nSPS) is 19.0. The Morgan fingerprint density at radius 3 is 2.62 bits per heavy atom. The maximum Gasteiger partial charge on any atom is 0.534 e. The summed E-state index contributed by atoms with van der Waals surface area (Å²) in [6, 6.07) is 0.671. The van der Waals surface area contributed by atoms with Crippen molar-refractivity contribution >= 4 is 21.2 Å². The standard InChI is InChI=1S/C14H16F3N3O5S/c1-8-13-12(18-20(8)11-5-3-4-6-24-11)9(7-10(21)19(13)2)25-26(22,23)14(15,16)17/h7,11H,3-6H2,1-2H3. The van der Waals surface area contributed by atoms with Gasteiger partial charge in [0.15, 0.2) is 17.5 Å². The Bertz CT molecular complexity index is 1000. The number of aryl methyl sites for hydroxylation is 2. The molecule has 3 rings (SSSR count). The second kappa shape index (κ2) is 6.27. The molecule has 2 aromatic heterocycles. The van der Waals surface area contributed by atoms with E-state index in [1.807, 2.05) is 0 Å². The van der Waals surface area contributed by atoms with E-state index in [0.29, 0.717) is 24.8 Å². The summed E-state index contributed by atoms with van der Waals surface area (Å²) in [5.74, 6) is -0.766. The van der Waals surface area contributed by atoms with E-state index < -0.39 is 33.2 Å². The smallest absolute Gasteiger partial charge is 0.373 e. The molecular weight excluding hydrogens is 379 g/mol. The van der Waals surface area contributed by atoms with E-state index in [0.717, 1.165) is 12.8 Å². The molecule has 0 aliphatic carbocycles. The number of rotatable bonds is 3. The van der Waals surface area contributed by atoms with Crippen molar-refractivity contribution in [1.82, 2.24) is 14.3 Å². The summed E-state index contributed by atoms with van der Waals surface area (Å²) in [7, 11) is -4.52. The minimum Gasteiger partial charge on any atom is -0.373 e. The van der Waals surface area contributed by atoms with E-state index >= 15 is 0 Å². The highest BCUT2D eigenvalue weighted by Gasteiger charge is 2.49. The molecule has 1 unspecified atom stereocenters. The van der Waals surface area contributed by atoms with Crippen LogP contribution in [0.25, 0.3) is 11.0 Å². The second-order valence-corrected chi connectivity index (χ2v) is 7.48. The van der Waals surface area contributed by atoms with Gasteiger partial charge in [0.25, 0.3) is 5.56 Å². The van der Waals surface area contributed by atoms with Crippen LogP contribution in [0.5, 0.6) is 5.75 Å². The Labute approximate surface area is 146 Å². The van der Waals surface area contributed by atoms with Gasteiger partial charge < -0.3 is 13.5 Å². The number of hydrogen-bond donors (Lipinski definition) is 0. The zero-order valence-electron chi connectivity index (χ0n) is 13.9. The Morgan fingerprint density at radius 1 is 1.35 bits per heavy atom. The van der Waals surface area contributed by atoms with Gasteiger partial charge in [0.2, 0.25) is 0 Å². The first-order chi connectivity index (χ1) is 12.0. The first-order valence-electron chi connectivity index (χ1n) is 7.74. The van der Waals surface area contributed by atoms with Crippen molar-refractivity contribution in [3.05, 3.63) is 22.1 Å². The molecule has 0 spiro atoms. The molecule has 12 heteroatoms. The van der Waals surface area contributed by atoms with Gasteiger partial charge in [0.1, 0.15) is 0 Å². The Hall–Kier alpha value is -2.08. The number of alkyl halides is 3. The highest BCUT2D eigenvalue weighted by atomic mass is 32.2. The molecule has 0 saturated carbocycles. The maximum absolute atomic E-state index is 12.6. The van der Waals surface area contributed by atoms with Crippen molar-refractivity contribution in [3.8, 4) is 5.75 Å². The van der Waals surface area contributed by atoms with Gasteiger partial charge in [-0.15, -0.1) is 0 Å². The molecule has 0 radical (unpaired) electrons. The monoisotopic (exact) mass is 395 g/mol. The molecule has 0 N–H and O–H groups in total. The van der Waals surface area contributed by atoms with Crippen LogP contribution >= 0.6 is 0 Å². The molecule has 1 fully saturated rings. The van der Waals surface area contributed by atoms with E-state index in [1.165, 1.54) is 16.3 Å². The summed E-state index contributed by atoms with van der Waals surface area (Å²) >= 11 is 0. The topological polar surface area (TPSA) is 92.4 Å². The molecule has 0 bridgehead atoms. The van der Waals surface area contributed by atoms with Crippen LogP contribution in [-0.4, -0.2) is 34.9 Å². The Balaban J connectivity index is 2.19. The molecule has 1 aliphatic rings. The molecule has 2 aromatic rings. The van der Waals surface area contributed by atoms with Gasteiger partial charge in [0, 0.05) is 19.7 Å². The number of fused-ring (bicyclic) bond motifs is 1. The number of pyridine rings is 1. The van der Waals surface area contributed by atoms with Crippen LogP contribution in [0.2, 0.25) is 0 Å². The SMILES string of the molecule is Cc1c2c(nn1C1CCCCO1)c(OS(=O)(=O)C(F)(F)F)cc(=O)n2C. The number of nitrogens with zero attached hydrogens (tertiary/aromatic N) is 3. The molecule has 144 valence electrons. The zero-order valence-corrected chi connectivity index (χ0v) is 14.7. The summed E-state index contributed by atoms with van der Waals surface area (Å²) in [6.45, 7) is 2.12. The first kappa shape index (κ1) is 18.7. The lowest BCUT2D eigenvalue weighted by Crippen LogP contribution is -2.29. The summed E-state index contributed by atoms with van der Waals surface area (Å²) in [6.07, 6.45) is 1.95. The fourth-order valence-electron chi connectivity index (χ4n) is 2.89. The number of aromatic nitrogens is 3. The largest absolute Gasteiger partial charge is 0.534 e. The average molecular weight is 395 g/mol. The van der Waals surface area contributed by atoms with Gasteiger partial charge in [-0.2, -0.15) is 26.7 Å². The minimum atomic E-state index is -5.93. The van der Waals surface area contributed by atoms with E-state index in [1.54, 1.807) is 6.92 Å². The maximum atomic E-state index is 12.6. The summed E-state index contributed by atoms with van der Waals surface area (Å²) in [4.78, 5) is 12.1. The van der Waals surface area contributed by atoms with Gasteiger partial charge in [-0.1, -0.05) is 0 Å². The lowest BCUT2D eigenvalue weighted by molar-refractivity contribution is -0.0500. The quantitative estimate of drug-likeness (QED) is 0.583. The third kappa shape index (κ3) is 3.07. The minimum absolute atomic E-state index is 0.161. The van der Waals surface area contributed by atoms with E-state index in [-0.39, 0.29) is 11.0 Å². The summed E-state index contributed by atoms with van der Waals surface area (Å²) in [5, 5.41) is 4.18. The number of hydrogen-bond acceptors (Lipinski definition) is 6. The van der Waals surface area contributed by atoms with Crippen molar-refractivity contribution in [2.75, 3.05) is 6.61 Å². The lowest BCUT2D eigenvalue weighted by Gasteiger charge is -2.23. The molecule has 3 heterocycles. The fourth-order valence-corrected chi connectivity index (χ4v) is 3.35. The molecule has 0 aromatic carbocycles. The Kier molecular flexibility index (Phi) is 4.51. The molecule has 1 saturated heterocycles. The third-order valence-electron chi connectivity index (χ3n) is 4.18. The zero-order chi connectivity index (χ0) is 19.3. The van der Waals surface area contributed by atoms with E-state index in [9.17, 15) is 26.4 Å². The first-order valence-corrected chi connectivity index (χ1v) is 9.15.